The Labute approximate surface area is 492 Å². The standard InChI is InChI=1S/C54H62N3O10S2.3Na/c1-53(2)44-18-6-5-16-42(44)43(17-9-11-36-68(61,62)63)45(53)28-24-39-14-13-15-40(25-29-48-54(3,4)46-19-7-8-20-47(46)56(48)34-10-12-37-69(64,65)66)52(39)67-41-26-21-38(22-27-41)23-30-49(58)55-33-35-57-50(59)31-32-51(57)60;;;/h5-6,8,16,18-22,24-29,31-32H,9-15,17,23,30,33-37H2,1-4H3,(H,55,58)(H,61,62,63)(H,64,65,66);;;/q-1;3*+1/p-2/b28-24+,40-25+,48-29+;;;. The van der Waals surface area contributed by atoms with Crippen LogP contribution >= 0.6 is 0 Å². The maximum Gasteiger partial charge on any atom is 1.00 e. The fraction of sp³-hybridized carbons (Fsp3) is 0.389. The number of carbonyl (C=O) groups is 3. The van der Waals surface area contributed by atoms with Crippen molar-refractivity contribution in [1.29, 1.82) is 0 Å². The number of anilines is 1. The van der Waals surface area contributed by atoms with Crippen molar-refractivity contribution in [3.05, 3.63) is 160 Å². The van der Waals surface area contributed by atoms with Crippen LogP contribution in [-0.4, -0.2) is 79.7 Å². The van der Waals surface area contributed by atoms with Crippen LogP contribution in [0.4, 0.5) is 5.69 Å². The number of hydrogen-bond donors (Lipinski definition) is 1. The van der Waals surface area contributed by atoms with Gasteiger partial charge in [-0.3, -0.25) is 19.3 Å². The first kappa shape index (κ1) is 61.7. The number of carbonyl (C=O) groups excluding carboxylic acids is 3. The minimum absolute atomic E-state index is 0. The zero-order valence-electron chi connectivity index (χ0n) is 42.7. The van der Waals surface area contributed by atoms with Crippen LogP contribution in [0.25, 0.3) is 5.57 Å². The van der Waals surface area contributed by atoms with E-state index in [1.54, 1.807) is 0 Å². The summed E-state index contributed by atoms with van der Waals surface area (Å²) in [7, 11) is -8.65. The van der Waals surface area contributed by atoms with E-state index < -0.39 is 49.0 Å². The molecule has 0 saturated heterocycles. The molecule has 3 amide bonds. The topological polar surface area (TPSA) is 193 Å². The SMILES string of the molecule is CC1(C)C(/C=C/C2=C(Oc3ccc(CCC(=O)NCCN4C(=O)C=CC4=O)cc3)C(=C/C=C3/N(CCCCS(=O)(=O)[O-])c4cc[c-]cc4C3(C)C)/CCC2)=C(CCCCS(=O)(=O)[O-])c2ccccc21.[Na+].[Na+].[Na+]. The summed E-state index contributed by atoms with van der Waals surface area (Å²) in [5.74, 6) is -0.468. The van der Waals surface area contributed by atoms with Gasteiger partial charge in [0.1, 0.15) is 11.5 Å². The van der Waals surface area contributed by atoms with Crippen molar-refractivity contribution in [2.75, 3.05) is 36.0 Å². The number of benzene rings is 3. The van der Waals surface area contributed by atoms with Crippen LogP contribution in [0.5, 0.6) is 5.75 Å². The van der Waals surface area contributed by atoms with Crippen LogP contribution in [0.1, 0.15) is 108 Å². The van der Waals surface area contributed by atoms with E-state index in [1.807, 2.05) is 54.6 Å². The first-order valence-corrected chi connectivity index (χ1v) is 26.8. The Balaban J connectivity index is 0.00000375. The van der Waals surface area contributed by atoms with Crippen molar-refractivity contribution in [2.45, 2.75) is 103 Å². The number of nitrogens with one attached hydrogen (secondary N) is 1. The van der Waals surface area contributed by atoms with E-state index in [0.717, 1.165) is 80.3 Å². The van der Waals surface area contributed by atoms with Gasteiger partial charge in [-0.2, -0.15) is 18.2 Å². The van der Waals surface area contributed by atoms with E-state index >= 15 is 0 Å². The predicted octanol–water partition coefficient (Wildman–Crippen LogP) is -0.760. The Kier molecular flexibility index (Phi) is 22.9. The summed E-state index contributed by atoms with van der Waals surface area (Å²) in [5, 5.41) is 2.79. The van der Waals surface area contributed by atoms with Crippen LogP contribution < -0.4 is 104 Å². The molecule has 2 aliphatic heterocycles. The molecule has 1 N–H and O–H groups in total. The fourth-order valence-corrected chi connectivity index (χ4v) is 10.9. The largest absolute Gasteiger partial charge is 1.00 e. The van der Waals surface area contributed by atoms with E-state index in [2.05, 4.69) is 80.4 Å². The number of hydrogen-bond acceptors (Lipinski definition) is 11. The molecule has 18 heteroatoms. The van der Waals surface area contributed by atoms with Gasteiger partial charge in [-0.05, 0) is 120 Å². The number of unbranched alkanes of at least 4 members (excludes halogenated alkanes) is 2. The summed E-state index contributed by atoms with van der Waals surface area (Å²) in [5.41, 5.74) is 9.79. The van der Waals surface area contributed by atoms with E-state index in [-0.39, 0.29) is 132 Å². The van der Waals surface area contributed by atoms with E-state index in [1.165, 1.54) is 17.7 Å². The average molecular weight is 1040 g/mol. The van der Waals surface area contributed by atoms with Crippen LogP contribution in [0.3, 0.4) is 0 Å². The molecule has 0 atom stereocenters. The first-order valence-electron chi connectivity index (χ1n) is 23.6. The molecule has 4 aliphatic rings. The van der Waals surface area contributed by atoms with Crippen LogP contribution in [-0.2, 0) is 51.9 Å². The molecule has 3 aromatic carbocycles. The number of fused-ring (bicyclic) bond motifs is 2. The fourth-order valence-electron chi connectivity index (χ4n) is 9.83. The summed E-state index contributed by atoms with van der Waals surface area (Å²) >= 11 is 0. The van der Waals surface area contributed by atoms with Crippen molar-refractivity contribution < 1.29 is 134 Å². The number of aryl methyl sites for hydroxylation is 1. The van der Waals surface area contributed by atoms with Gasteiger partial charge in [-0.25, -0.2) is 16.8 Å². The second-order valence-electron chi connectivity index (χ2n) is 19.0. The molecule has 0 saturated carbocycles. The molecule has 2 heterocycles. The summed E-state index contributed by atoms with van der Waals surface area (Å²) in [4.78, 5) is 39.7. The molecular formula is C54H60N3Na3O10S2. The molecule has 7 rings (SSSR count). The number of imide groups is 1. The van der Waals surface area contributed by atoms with Crippen molar-refractivity contribution >= 4 is 49.2 Å². The summed E-state index contributed by atoms with van der Waals surface area (Å²) in [6.45, 7) is 9.48. The van der Waals surface area contributed by atoms with E-state index in [9.17, 15) is 40.3 Å². The maximum absolute atomic E-state index is 12.7. The molecule has 0 fully saturated rings. The summed E-state index contributed by atoms with van der Waals surface area (Å²) in [6.07, 6.45) is 16.2. The molecule has 72 heavy (non-hydrogen) atoms. The molecule has 3 aromatic rings. The minimum Gasteiger partial charge on any atom is -0.748 e. The zero-order valence-corrected chi connectivity index (χ0v) is 50.3. The monoisotopic (exact) mass is 1040 g/mol. The van der Waals surface area contributed by atoms with Gasteiger partial charge in [-0.15, -0.1) is 11.6 Å². The Morgan fingerprint density at radius 2 is 1.43 bits per heavy atom. The molecule has 366 valence electrons. The zero-order chi connectivity index (χ0) is 49.6. The normalized spacial score (nSPS) is 18.1. The Hall–Kier alpha value is -2.87. The first-order chi connectivity index (χ1) is 32.7. The second-order valence-corrected chi connectivity index (χ2v) is 22.1. The third kappa shape index (κ3) is 15.6. The smallest absolute Gasteiger partial charge is 0.748 e. The van der Waals surface area contributed by atoms with Gasteiger partial charge in [-0.1, -0.05) is 88.0 Å². The van der Waals surface area contributed by atoms with Crippen molar-refractivity contribution in [1.82, 2.24) is 10.2 Å². The number of nitrogens with zero attached hydrogens (tertiary/aromatic N) is 2. The van der Waals surface area contributed by atoms with Crippen LogP contribution in [0, 0.1) is 6.07 Å². The van der Waals surface area contributed by atoms with E-state index in [4.69, 9.17) is 4.74 Å². The van der Waals surface area contributed by atoms with Crippen molar-refractivity contribution in [2.24, 2.45) is 0 Å². The van der Waals surface area contributed by atoms with E-state index in [0.29, 0.717) is 38.0 Å². The second kappa shape index (κ2) is 26.8. The number of amides is 3. The molecule has 13 nitrogen and oxygen atoms in total. The third-order valence-corrected chi connectivity index (χ3v) is 15.0. The van der Waals surface area contributed by atoms with Crippen molar-refractivity contribution in [3.63, 3.8) is 0 Å². The Morgan fingerprint density at radius 3 is 2.11 bits per heavy atom. The van der Waals surface area contributed by atoms with Gasteiger partial charge in [0, 0.05) is 60.8 Å². The molecule has 0 radical (unpaired) electrons. The number of allylic oxidation sites excluding steroid dienone is 9. The van der Waals surface area contributed by atoms with Gasteiger partial charge in [0.25, 0.3) is 11.8 Å². The maximum atomic E-state index is 12.7. The molecular weight excluding hydrogens is 984 g/mol. The van der Waals surface area contributed by atoms with Crippen molar-refractivity contribution in [3.8, 4) is 5.75 Å². The molecule has 0 bridgehead atoms. The summed E-state index contributed by atoms with van der Waals surface area (Å²) in [6, 6.07) is 25.0. The van der Waals surface area contributed by atoms with Gasteiger partial charge < -0.3 is 24.1 Å². The molecule has 2 aliphatic carbocycles. The Bertz CT molecular complexity index is 2890. The molecule has 0 aromatic heterocycles. The molecule has 0 unspecified atom stereocenters. The van der Waals surface area contributed by atoms with Gasteiger partial charge in [0.15, 0.2) is 0 Å². The quantitative estimate of drug-likeness (QED) is 0.0464. The van der Waals surface area contributed by atoms with Gasteiger partial charge in [0.2, 0.25) is 5.91 Å². The molecule has 0 spiro atoms. The summed E-state index contributed by atoms with van der Waals surface area (Å²) < 4.78 is 75.6. The van der Waals surface area contributed by atoms with Gasteiger partial charge >= 0.3 is 88.7 Å². The number of rotatable bonds is 21. The third-order valence-electron chi connectivity index (χ3n) is 13.5. The number of ether oxygens (including phenoxy) is 1. The van der Waals surface area contributed by atoms with Crippen LogP contribution in [0.15, 0.2) is 131 Å². The Morgan fingerprint density at radius 1 is 0.764 bits per heavy atom. The van der Waals surface area contributed by atoms with Gasteiger partial charge in [0.05, 0.1) is 20.2 Å². The minimum atomic E-state index is -4.33. The average Bonchev–Trinajstić information content (AvgIpc) is 3.82. The van der Waals surface area contributed by atoms with Crippen LogP contribution in [0.2, 0.25) is 0 Å². The predicted molar refractivity (Wildman–Crippen MR) is 265 cm³/mol.